The summed E-state index contributed by atoms with van der Waals surface area (Å²) in [5.74, 6) is 3.57. The van der Waals surface area contributed by atoms with Gasteiger partial charge in [0.15, 0.2) is 0 Å². The summed E-state index contributed by atoms with van der Waals surface area (Å²) in [5.41, 5.74) is 0.258. The number of hydrogen-bond acceptors (Lipinski definition) is 7. The van der Waals surface area contributed by atoms with Crippen molar-refractivity contribution in [1.29, 1.82) is 0 Å². The number of benzene rings is 1. The second kappa shape index (κ2) is 12.5. The van der Waals surface area contributed by atoms with E-state index in [0.717, 1.165) is 30.6 Å². The predicted molar refractivity (Wildman–Crippen MR) is 134 cm³/mol. The van der Waals surface area contributed by atoms with Gasteiger partial charge in [0.05, 0.1) is 11.1 Å². The molecule has 0 radical (unpaired) electrons. The lowest BCUT2D eigenvalue weighted by molar-refractivity contribution is -0.136. The van der Waals surface area contributed by atoms with Gasteiger partial charge in [0.1, 0.15) is 18.2 Å². The number of ether oxygens (including phenoxy) is 2. The normalized spacial score (nSPS) is 17.2. The van der Waals surface area contributed by atoms with E-state index in [-0.39, 0.29) is 30.6 Å². The molecule has 1 saturated heterocycles. The predicted octanol–water partition coefficient (Wildman–Crippen LogP) is 2.54. The van der Waals surface area contributed by atoms with Crippen LogP contribution in [-0.4, -0.2) is 66.0 Å². The van der Waals surface area contributed by atoms with Gasteiger partial charge in [-0.05, 0) is 52.2 Å². The van der Waals surface area contributed by atoms with Gasteiger partial charge in [0, 0.05) is 25.1 Å². The number of fused-ring (bicyclic) bond motifs is 1. The Hall–Kier alpha value is -3.71. The summed E-state index contributed by atoms with van der Waals surface area (Å²) >= 11 is 0. The number of nitrogens with zero attached hydrogens (tertiary/aromatic N) is 1. The molecule has 198 valence electrons. The summed E-state index contributed by atoms with van der Waals surface area (Å²) in [6.07, 6.45) is 3.35. The maximum absolute atomic E-state index is 13.0. The van der Waals surface area contributed by atoms with E-state index in [4.69, 9.17) is 9.47 Å². The number of carbonyl (C=O) groups is 5. The van der Waals surface area contributed by atoms with E-state index in [1.54, 1.807) is 12.1 Å². The van der Waals surface area contributed by atoms with Gasteiger partial charge in [-0.3, -0.25) is 29.4 Å². The summed E-state index contributed by atoms with van der Waals surface area (Å²) in [5, 5.41) is 4.91. The highest BCUT2D eigenvalue weighted by Crippen LogP contribution is 2.29. The van der Waals surface area contributed by atoms with Crippen molar-refractivity contribution in [2.75, 3.05) is 19.8 Å². The van der Waals surface area contributed by atoms with Gasteiger partial charge in [-0.2, -0.15) is 0 Å². The molecule has 1 aromatic rings. The highest BCUT2D eigenvalue weighted by molar-refractivity contribution is 6.24. The number of amides is 5. The third kappa shape index (κ3) is 7.64. The summed E-state index contributed by atoms with van der Waals surface area (Å²) in [6, 6.07) is 3.81. The van der Waals surface area contributed by atoms with Gasteiger partial charge in [0.2, 0.25) is 11.8 Å². The van der Waals surface area contributed by atoms with Crippen LogP contribution in [0.2, 0.25) is 0 Å². The lowest BCUT2D eigenvalue weighted by Crippen LogP contribution is -2.54. The molecule has 1 atom stereocenters. The van der Waals surface area contributed by atoms with Crippen molar-refractivity contribution in [2.24, 2.45) is 0 Å². The second-order valence-electron chi connectivity index (χ2n) is 9.87. The minimum Gasteiger partial charge on any atom is -0.444 e. The summed E-state index contributed by atoms with van der Waals surface area (Å²) < 4.78 is 10.7. The zero-order valence-electron chi connectivity index (χ0n) is 21.5. The number of unbranched alkanes of at least 4 members (excludes halogenated alkanes) is 3. The average Bonchev–Trinajstić information content (AvgIpc) is 3.07. The van der Waals surface area contributed by atoms with Gasteiger partial charge >= 0.3 is 6.09 Å². The van der Waals surface area contributed by atoms with E-state index in [1.807, 2.05) is 20.8 Å². The molecule has 1 aromatic carbocycles. The van der Waals surface area contributed by atoms with E-state index in [9.17, 15) is 24.0 Å². The van der Waals surface area contributed by atoms with Crippen LogP contribution in [0.15, 0.2) is 18.2 Å². The Morgan fingerprint density at radius 3 is 2.59 bits per heavy atom. The monoisotopic (exact) mass is 511 g/mol. The Labute approximate surface area is 216 Å². The molecule has 2 heterocycles. The maximum Gasteiger partial charge on any atom is 0.407 e. The number of piperidine rings is 1. The largest absolute Gasteiger partial charge is 0.444 e. The van der Waals surface area contributed by atoms with Crippen molar-refractivity contribution in [3.8, 4) is 11.8 Å². The number of imide groups is 2. The molecule has 2 aliphatic rings. The molecule has 2 N–H and O–H groups in total. The average molecular weight is 512 g/mol. The van der Waals surface area contributed by atoms with E-state index < -0.39 is 41.4 Å². The molecule has 0 spiro atoms. The van der Waals surface area contributed by atoms with Crippen LogP contribution in [0.3, 0.4) is 0 Å². The summed E-state index contributed by atoms with van der Waals surface area (Å²) in [6.45, 7) is 6.72. The van der Waals surface area contributed by atoms with Crippen molar-refractivity contribution >= 4 is 29.7 Å². The molecule has 10 heteroatoms. The molecule has 5 amide bonds. The summed E-state index contributed by atoms with van der Waals surface area (Å²) in [4.78, 5) is 62.1. The number of nitrogens with one attached hydrogen (secondary N) is 2. The SMILES string of the molecule is CC(C)(C)OC(=O)NCCCCCCOCC#Cc1cccc2c1C(=O)N(C1CCC(=O)NC1=O)C2=O. The fourth-order valence-electron chi connectivity index (χ4n) is 4.06. The first-order valence-electron chi connectivity index (χ1n) is 12.5. The zero-order chi connectivity index (χ0) is 27.0. The van der Waals surface area contributed by atoms with Crippen LogP contribution >= 0.6 is 0 Å². The van der Waals surface area contributed by atoms with Crippen LogP contribution in [0, 0.1) is 11.8 Å². The van der Waals surface area contributed by atoms with Crippen LogP contribution in [0.4, 0.5) is 4.79 Å². The Kier molecular flexibility index (Phi) is 9.42. The number of hydrogen-bond donors (Lipinski definition) is 2. The molecule has 1 fully saturated rings. The number of carbonyl (C=O) groups excluding carboxylic acids is 5. The molecule has 10 nitrogen and oxygen atoms in total. The van der Waals surface area contributed by atoms with E-state index in [0.29, 0.717) is 18.7 Å². The fourth-order valence-corrected chi connectivity index (χ4v) is 4.06. The van der Waals surface area contributed by atoms with E-state index >= 15 is 0 Å². The van der Waals surface area contributed by atoms with Crippen LogP contribution in [0.25, 0.3) is 0 Å². The molecular formula is C27H33N3O7. The minimum atomic E-state index is -1.01. The highest BCUT2D eigenvalue weighted by atomic mass is 16.6. The first kappa shape index (κ1) is 27.9. The smallest absolute Gasteiger partial charge is 0.407 e. The van der Waals surface area contributed by atoms with Crippen LogP contribution in [-0.2, 0) is 19.1 Å². The molecule has 3 rings (SSSR count). The summed E-state index contributed by atoms with van der Waals surface area (Å²) in [7, 11) is 0. The van der Waals surface area contributed by atoms with Crippen LogP contribution in [0.5, 0.6) is 0 Å². The lowest BCUT2D eigenvalue weighted by atomic mass is 10.0. The maximum atomic E-state index is 13.0. The molecule has 0 aromatic heterocycles. The first-order valence-corrected chi connectivity index (χ1v) is 12.5. The molecule has 1 unspecified atom stereocenters. The van der Waals surface area contributed by atoms with Gasteiger partial charge in [0.25, 0.3) is 11.8 Å². The number of rotatable bonds is 9. The van der Waals surface area contributed by atoms with Gasteiger partial charge < -0.3 is 14.8 Å². The van der Waals surface area contributed by atoms with Crippen molar-refractivity contribution in [3.05, 3.63) is 34.9 Å². The minimum absolute atomic E-state index is 0.0663. The quantitative estimate of drug-likeness (QED) is 0.296. The van der Waals surface area contributed by atoms with Crippen LogP contribution in [0.1, 0.15) is 85.6 Å². The van der Waals surface area contributed by atoms with Crippen molar-refractivity contribution in [2.45, 2.75) is 70.9 Å². The lowest BCUT2D eigenvalue weighted by Gasteiger charge is -2.27. The standard InChI is InChI=1S/C27H33N3O7/c1-27(2,3)37-26(35)28-15-6-4-5-7-16-36-17-9-11-18-10-8-12-19-22(18)25(34)30(24(19)33)20-13-14-21(31)29-23(20)32/h8,10,12,20H,4-7,13-17H2,1-3H3,(H,28,35)(H,29,31,32). The zero-order valence-corrected chi connectivity index (χ0v) is 21.5. The Morgan fingerprint density at radius 1 is 1.11 bits per heavy atom. The Morgan fingerprint density at radius 2 is 1.86 bits per heavy atom. The highest BCUT2D eigenvalue weighted by Gasteiger charge is 2.45. The van der Waals surface area contributed by atoms with E-state index in [1.165, 1.54) is 6.07 Å². The second-order valence-corrected chi connectivity index (χ2v) is 9.87. The Balaban J connectivity index is 1.40. The third-order valence-electron chi connectivity index (χ3n) is 5.75. The third-order valence-corrected chi connectivity index (χ3v) is 5.75. The topological polar surface area (TPSA) is 131 Å². The van der Waals surface area contributed by atoms with Crippen molar-refractivity contribution in [1.82, 2.24) is 15.5 Å². The fraction of sp³-hybridized carbons (Fsp3) is 0.519. The molecule has 0 saturated carbocycles. The van der Waals surface area contributed by atoms with Gasteiger partial charge in [-0.25, -0.2) is 4.79 Å². The van der Waals surface area contributed by atoms with Gasteiger partial charge in [-0.1, -0.05) is 30.7 Å². The van der Waals surface area contributed by atoms with Crippen molar-refractivity contribution < 1.29 is 33.4 Å². The molecule has 2 aliphatic heterocycles. The molecule has 0 bridgehead atoms. The number of alkyl carbamates (subject to hydrolysis) is 1. The van der Waals surface area contributed by atoms with Gasteiger partial charge in [-0.15, -0.1) is 0 Å². The Bertz CT molecular complexity index is 1130. The van der Waals surface area contributed by atoms with Crippen LogP contribution < -0.4 is 10.6 Å². The molecular weight excluding hydrogens is 478 g/mol. The van der Waals surface area contributed by atoms with Crippen molar-refractivity contribution in [3.63, 3.8) is 0 Å². The molecule has 0 aliphatic carbocycles. The molecule has 37 heavy (non-hydrogen) atoms. The van der Waals surface area contributed by atoms with E-state index in [2.05, 4.69) is 22.5 Å². The first-order chi connectivity index (χ1) is 17.6.